The fourth-order valence-electron chi connectivity index (χ4n) is 3.20. The predicted molar refractivity (Wildman–Crippen MR) is 90.4 cm³/mol. The quantitative estimate of drug-likeness (QED) is 0.738. The number of hydrogen-bond acceptors (Lipinski definition) is 5. The summed E-state index contributed by atoms with van der Waals surface area (Å²) < 4.78 is 46.6. The topological polar surface area (TPSA) is 84.3 Å². The summed E-state index contributed by atoms with van der Waals surface area (Å²) in [6.45, 7) is 2.40. The molecule has 1 N–H and O–H groups in total. The van der Waals surface area contributed by atoms with Gasteiger partial charge in [-0.2, -0.15) is 5.10 Å². The molecule has 28 heavy (non-hydrogen) atoms. The molecule has 7 nitrogen and oxygen atoms in total. The van der Waals surface area contributed by atoms with Crippen molar-refractivity contribution < 1.29 is 27.1 Å². The van der Waals surface area contributed by atoms with Gasteiger partial charge in [0.2, 0.25) is 5.76 Å². The van der Waals surface area contributed by atoms with E-state index in [2.05, 4.69) is 19.9 Å². The van der Waals surface area contributed by atoms with Gasteiger partial charge in [0, 0.05) is 29.8 Å². The van der Waals surface area contributed by atoms with Crippen molar-refractivity contribution in [2.24, 2.45) is 0 Å². The van der Waals surface area contributed by atoms with Crippen LogP contribution < -0.4 is 4.74 Å². The summed E-state index contributed by atoms with van der Waals surface area (Å²) in [6, 6.07) is 5.59. The zero-order chi connectivity index (χ0) is 19.9. The molecule has 10 heteroatoms. The highest BCUT2D eigenvalue weighted by atomic mass is 19.4. The number of hydrogen-bond donors (Lipinski definition) is 1. The van der Waals surface area contributed by atoms with Crippen LogP contribution >= 0.6 is 0 Å². The molecule has 0 aliphatic carbocycles. The number of alkyl halides is 3. The van der Waals surface area contributed by atoms with Crippen LogP contribution in [0, 0.1) is 6.92 Å². The Bertz CT molecular complexity index is 1030. The molecule has 146 valence electrons. The molecule has 3 heterocycles. The second-order valence-corrected chi connectivity index (χ2v) is 6.35. The smallest absolute Gasteiger partial charge is 0.438 e. The molecule has 0 atom stereocenters. The van der Waals surface area contributed by atoms with Crippen molar-refractivity contribution in [1.29, 1.82) is 0 Å². The van der Waals surface area contributed by atoms with Gasteiger partial charge in [0.1, 0.15) is 5.75 Å². The molecule has 1 aromatic carbocycles. The van der Waals surface area contributed by atoms with Gasteiger partial charge in [-0.3, -0.25) is 9.89 Å². The number of halogens is 3. The standard InChI is InChI=1S/C18H15F3N4O3/c1-10-16(27-9-22-10)17(26)25-6-5-14-13(8-25)15(24-23-14)11-3-2-4-12(7-11)28-18(19,20)21/h2-4,7,9H,5-6,8H2,1H3,(H,23,24). The third-order valence-electron chi connectivity index (χ3n) is 4.50. The SMILES string of the molecule is Cc1ncoc1C(=O)N1CCc2[nH]nc(-c3cccc(OC(F)(F)F)c3)c2C1. The second kappa shape index (κ2) is 6.70. The van der Waals surface area contributed by atoms with Crippen LogP contribution in [-0.4, -0.2) is 38.9 Å². The van der Waals surface area contributed by atoms with Crippen LogP contribution in [0.4, 0.5) is 13.2 Å². The van der Waals surface area contributed by atoms with E-state index < -0.39 is 6.36 Å². The fourth-order valence-corrected chi connectivity index (χ4v) is 3.20. The highest BCUT2D eigenvalue weighted by molar-refractivity contribution is 5.92. The zero-order valence-electron chi connectivity index (χ0n) is 14.7. The van der Waals surface area contributed by atoms with Crippen LogP contribution in [0.5, 0.6) is 5.75 Å². The van der Waals surface area contributed by atoms with E-state index in [1.807, 2.05) is 0 Å². The normalized spacial score (nSPS) is 14.1. The average Bonchev–Trinajstić information content (AvgIpc) is 3.25. The van der Waals surface area contributed by atoms with Crippen molar-refractivity contribution in [3.05, 3.63) is 53.4 Å². The Balaban J connectivity index is 1.62. The number of aromatic nitrogens is 3. The summed E-state index contributed by atoms with van der Waals surface area (Å²) in [5, 5.41) is 7.16. The predicted octanol–water partition coefficient (Wildman–Crippen LogP) is 3.47. The van der Waals surface area contributed by atoms with Gasteiger partial charge in [0.25, 0.3) is 5.91 Å². The number of fused-ring (bicyclic) bond motifs is 1. The lowest BCUT2D eigenvalue weighted by Crippen LogP contribution is -2.36. The number of benzene rings is 1. The molecule has 0 spiro atoms. The first kappa shape index (κ1) is 18.1. The minimum atomic E-state index is -4.78. The summed E-state index contributed by atoms with van der Waals surface area (Å²) in [7, 11) is 0. The van der Waals surface area contributed by atoms with Gasteiger partial charge in [0.05, 0.1) is 17.9 Å². The maximum atomic E-state index is 12.7. The van der Waals surface area contributed by atoms with E-state index >= 15 is 0 Å². The Morgan fingerprint density at radius 1 is 1.36 bits per heavy atom. The summed E-state index contributed by atoms with van der Waals surface area (Å²) in [4.78, 5) is 18.2. The monoisotopic (exact) mass is 392 g/mol. The fraction of sp³-hybridized carbons (Fsp3) is 0.278. The zero-order valence-corrected chi connectivity index (χ0v) is 14.7. The van der Waals surface area contributed by atoms with Gasteiger partial charge in [-0.05, 0) is 19.1 Å². The van der Waals surface area contributed by atoms with Gasteiger partial charge in [-0.15, -0.1) is 13.2 Å². The van der Waals surface area contributed by atoms with Crippen LogP contribution in [0.25, 0.3) is 11.3 Å². The number of aryl methyl sites for hydroxylation is 1. The van der Waals surface area contributed by atoms with Crippen LogP contribution in [0.2, 0.25) is 0 Å². The van der Waals surface area contributed by atoms with Crippen molar-refractivity contribution in [3.8, 4) is 17.0 Å². The molecular weight excluding hydrogens is 377 g/mol. The molecule has 1 amide bonds. The van der Waals surface area contributed by atoms with E-state index in [1.165, 1.54) is 24.6 Å². The first-order valence-corrected chi connectivity index (χ1v) is 8.43. The Kier molecular flexibility index (Phi) is 4.33. The molecule has 0 saturated carbocycles. The molecule has 0 fully saturated rings. The third-order valence-corrected chi connectivity index (χ3v) is 4.50. The minimum Gasteiger partial charge on any atom is -0.438 e. The van der Waals surface area contributed by atoms with Crippen molar-refractivity contribution in [1.82, 2.24) is 20.1 Å². The molecule has 0 saturated heterocycles. The number of oxazole rings is 1. The maximum Gasteiger partial charge on any atom is 0.573 e. The molecule has 1 aliphatic heterocycles. The average molecular weight is 392 g/mol. The second-order valence-electron chi connectivity index (χ2n) is 6.35. The van der Waals surface area contributed by atoms with Crippen LogP contribution in [-0.2, 0) is 13.0 Å². The molecule has 1 aliphatic rings. The van der Waals surface area contributed by atoms with Gasteiger partial charge < -0.3 is 14.1 Å². The van der Waals surface area contributed by atoms with Crippen molar-refractivity contribution in [2.75, 3.05) is 6.54 Å². The van der Waals surface area contributed by atoms with Gasteiger partial charge in [0.15, 0.2) is 6.39 Å². The van der Waals surface area contributed by atoms with E-state index in [0.717, 1.165) is 11.3 Å². The summed E-state index contributed by atoms with van der Waals surface area (Å²) in [5.41, 5.74) is 3.04. The molecule has 2 aromatic heterocycles. The van der Waals surface area contributed by atoms with Crippen molar-refractivity contribution in [3.63, 3.8) is 0 Å². The lowest BCUT2D eigenvalue weighted by atomic mass is 10.0. The van der Waals surface area contributed by atoms with Crippen LogP contribution in [0.15, 0.2) is 35.1 Å². The molecule has 4 rings (SSSR count). The molecular formula is C18H15F3N4O3. The third kappa shape index (κ3) is 3.45. The first-order valence-electron chi connectivity index (χ1n) is 8.43. The van der Waals surface area contributed by atoms with Crippen LogP contribution in [0.3, 0.4) is 0 Å². The molecule has 0 unspecified atom stereocenters. The Morgan fingerprint density at radius 2 is 2.18 bits per heavy atom. The lowest BCUT2D eigenvalue weighted by Gasteiger charge is -2.26. The maximum absolute atomic E-state index is 12.7. The largest absolute Gasteiger partial charge is 0.573 e. The van der Waals surface area contributed by atoms with Gasteiger partial charge in [-0.1, -0.05) is 12.1 Å². The van der Waals surface area contributed by atoms with Crippen LogP contribution in [0.1, 0.15) is 27.5 Å². The lowest BCUT2D eigenvalue weighted by molar-refractivity contribution is -0.274. The molecule has 3 aromatic rings. The van der Waals surface area contributed by atoms with Gasteiger partial charge in [-0.25, -0.2) is 4.98 Å². The Labute approximate surface area is 157 Å². The van der Waals surface area contributed by atoms with E-state index in [9.17, 15) is 18.0 Å². The number of carbonyl (C=O) groups is 1. The number of H-pyrrole nitrogens is 1. The van der Waals surface area contributed by atoms with E-state index in [4.69, 9.17) is 4.42 Å². The summed E-state index contributed by atoms with van der Waals surface area (Å²) in [6.07, 6.45) is -3.02. The molecule has 0 bridgehead atoms. The summed E-state index contributed by atoms with van der Waals surface area (Å²) >= 11 is 0. The van der Waals surface area contributed by atoms with E-state index in [0.29, 0.717) is 29.9 Å². The number of nitrogens with zero attached hydrogens (tertiary/aromatic N) is 3. The number of rotatable bonds is 3. The highest BCUT2D eigenvalue weighted by Gasteiger charge is 2.32. The number of amides is 1. The first-order chi connectivity index (χ1) is 13.3. The number of ether oxygens (including phenoxy) is 1. The Morgan fingerprint density at radius 3 is 2.89 bits per heavy atom. The van der Waals surface area contributed by atoms with E-state index in [1.54, 1.807) is 17.9 Å². The van der Waals surface area contributed by atoms with Crippen molar-refractivity contribution in [2.45, 2.75) is 26.3 Å². The number of aromatic amines is 1. The number of nitrogens with one attached hydrogen (secondary N) is 1. The highest BCUT2D eigenvalue weighted by Crippen LogP contribution is 2.32. The molecule has 0 radical (unpaired) electrons. The number of carbonyl (C=O) groups excluding carboxylic acids is 1. The Hall–Kier alpha value is -3.30. The van der Waals surface area contributed by atoms with Crippen molar-refractivity contribution >= 4 is 5.91 Å². The minimum absolute atomic E-state index is 0.175. The van der Waals surface area contributed by atoms with E-state index in [-0.39, 0.29) is 24.0 Å². The summed E-state index contributed by atoms with van der Waals surface area (Å²) in [5.74, 6) is -0.446. The van der Waals surface area contributed by atoms with Gasteiger partial charge >= 0.3 is 6.36 Å².